The largest absolute Gasteiger partial charge is 0.322 e. The smallest absolute Gasteiger partial charge is 0.248 e. The van der Waals surface area contributed by atoms with E-state index in [1.807, 2.05) is 55.5 Å². The van der Waals surface area contributed by atoms with Crippen molar-refractivity contribution in [2.24, 2.45) is 0 Å². The Labute approximate surface area is 121 Å². The summed E-state index contributed by atoms with van der Waals surface area (Å²) < 4.78 is 0.994. The van der Waals surface area contributed by atoms with Gasteiger partial charge in [-0.1, -0.05) is 46.3 Å². The molecule has 3 heteroatoms. The molecule has 0 saturated carbocycles. The maximum Gasteiger partial charge on any atom is 0.248 e. The Morgan fingerprint density at radius 1 is 1.16 bits per heavy atom. The molecule has 0 aliphatic heterocycles. The predicted molar refractivity (Wildman–Crippen MR) is 83.0 cm³/mol. The number of aryl methyl sites for hydroxylation is 1. The Bertz CT molecular complexity index is 620. The minimum Gasteiger partial charge on any atom is -0.322 e. The Morgan fingerprint density at radius 2 is 1.95 bits per heavy atom. The summed E-state index contributed by atoms with van der Waals surface area (Å²) in [7, 11) is 0. The molecule has 19 heavy (non-hydrogen) atoms. The number of hydrogen-bond acceptors (Lipinski definition) is 1. The Hall–Kier alpha value is -1.87. The zero-order chi connectivity index (χ0) is 13.7. The number of rotatable bonds is 3. The fraction of sp³-hybridized carbons (Fsp3) is 0.0625. The molecular formula is C16H14BrNO. The molecule has 0 unspecified atom stereocenters. The van der Waals surface area contributed by atoms with Crippen LogP contribution in [0.15, 0.2) is 59.1 Å². The summed E-state index contributed by atoms with van der Waals surface area (Å²) in [5.74, 6) is -0.130. The molecule has 1 N–H and O–H groups in total. The van der Waals surface area contributed by atoms with Crippen molar-refractivity contribution in [2.45, 2.75) is 6.92 Å². The van der Waals surface area contributed by atoms with E-state index in [0.717, 1.165) is 21.3 Å². The second-order valence-corrected chi connectivity index (χ2v) is 5.11. The van der Waals surface area contributed by atoms with Crippen molar-refractivity contribution in [1.82, 2.24) is 0 Å². The van der Waals surface area contributed by atoms with Crippen molar-refractivity contribution < 1.29 is 4.79 Å². The summed E-state index contributed by atoms with van der Waals surface area (Å²) in [6, 6.07) is 15.5. The Kier molecular flexibility index (Phi) is 4.53. The average molecular weight is 316 g/mol. The van der Waals surface area contributed by atoms with E-state index < -0.39 is 0 Å². The minimum absolute atomic E-state index is 0.130. The van der Waals surface area contributed by atoms with Crippen LogP contribution >= 0.6 is 15.9 Å². The van der Waals surface area contributed by atoms with Gasteiger partial charge in [-0.05, 0) is 42.3 Å². The number of hydrogen-bond donors (Lipinski definition) is 1. The number of para-hydroxylation sites is 1. The van der Waals surface area contributed by atoms with Gasteiger partial charge in [0.05, 0.1) is 0 Å². The number of nitrogens with one attached hydrogen (secondary N) is 1. The molecule has 0 aromatic heterocycles. The van der Waals surface area contributed by atoms with Gasteiger partial charge < -0.3 is 5.32 Å². The van der Waals surface area contributed by atoms with Gasteiger partial charge in [0, 0.05) is 16.2 Å². The van der Waals surface area contributed by atoms with Crippen molar-refractivity contribution in [3.05, 3.63) is 70.2 Å². The summed E-state index contributed by atoms with van der Waals surface area (Å²) in [6.07, 6.45) is 3.33. The van der Waals surface area contributed by atoms with E-state index in [-0.39, 0.29) is 5.91 Å². The van der Waals surface area contributed by atoms with Gasteiger partial charge in [0.25, 0.3) is 0 Å². The van der Waals surface area contributed by atoms with Crippen LogP contribution in [0.3, 0.4) is 0 Å². The van der Waals surface area contributed by atoms with Crippen molar-refractivity contribution in [1.29, 1.82) is 0 Å². The highest BCUT2D eigenvalue weighted by molar-refractivity contribution is 9.10. The predicted octanol–water partition coefficient (Wildman–Crippen LogP) is 4.41. The first kappa shape index (κ1) is 13.6. The molecule has 2 nitrogen and oxygen atoms in total. The molecule has 2 aromatic rings. The van der Waals surface area contributed by atoms with Crippen LogP contribution in [0.25, 0.3) is 6.08 Å². The van der Waals surface area contributed by atoms with Crippen LogP contribution in [0, 0.1) is 6.92 Å². The van der Waals surface area contributed by atoms with Crippen LogP contribution < -0.4 is 5.32 Å². The molecule has 0 bridgehead atoms. The molecule has 2 rings (SSSR count). The van der Waals surface area contributed by atoms with Gasteiger partial charge in [-0.3, -0.25) is 4.79 Å². The lowest BCUT2D eigenvalue weighted by Crippen LogP contribution is -2.08. The van der Waals surface area contributed by atoms with E-state index in [1.165, 1.54) is 6.08 Å². The third-order valence-electron chi connectivity index (χ3n) is 2.68. The molecule has 0 saturated heterocycles. The van der Waals surface area contributed by atoms with E-state index in [0.29, 0.717) is 0 Å². The average Bonchev–Trinajstić information content (AvgIpc) is 2.39. The molecule has 0 fully saturated rings. The van der Waals surface area contributed by atoms with Crippen molar-refractivity contribution in [2.75, 3.05) is 5.32 Å². The molecular weight excluding hydrogens is 302 g/mol. The number of halogens is 1. The fourth-order valence-corrected chi connectivity index (χ4v) is 2.09. The second-order valence-electron chi connectivity index (χ2n) is 4.19. The molecule has 0 aliphatic rings. The summed E-state index contributed by atoms with van der Waals surface area (Å²) in [6.45, 7) is 1.97. The molecule has 1 amide bonds. The molecule has 0 spiro atoms. The fourth-order valence-electron chi connectivity index (χ4n) is 1.67. The normalized spacial score (nSPS) is 10.6. The molecule has 2 aromatic carbocycles. The number of benzene rings is 2. The lowest BCUT2D eigenvalue weighted by atomic mass is 10.2. The summed E-state index contributed by atoms with van der Waals surface area (Å²) in [5.41, 5.74) is 2.87. The highest BCUT2D eigenvalue weighted by Crippen LogP contribution is 2.14. The highest BCUT2D eigenvalue weighted by atomic mass is 79.9. The van der Waals surface area contributed by atoms with Gasteiger partial charge >= 0.3 is 0 Å². The van der Waals surface area contributed by atoms with Gasteiger partial charge in [0.2, 0.25) is 5.91 Å². The van der Waals surface area contributed by atoms with E-state index in [2.05, 4.69) is 21.2 Å². The molecule has 0 radical (unpaired) electrons. The number of carbonyl (C=O) groups is 1. The van der Waals surface area contributed by atoms with E-state index in [9.17, 15) is 4.79 Å². The molecule has 0 atom stereocenters. The Morgan fingerprint density at radius 3 is 2.68 bits per heavy atom. The highest BCUT2D eigenvalue weighted by Gasteiger charge is 2.00. The molecule has 0 heterocycles. The van der Waals surface area contributed by atoms with Crippen molar-refractivity contribution >= 4 is 33.6 Å². The van der Waals surface area contributed by atoms with E-state index in [4.69, 9.17) is 0 Å². The van der Waals surface area contributed by atoms with Gasteiger partial charge in [0.15, 0.2) is 0 Å². The lowest BCUT2D eigenvalue weighted by molar-refractivity contribution is -0.111. The van der Waals surface area contributed by atoms with Crippen LogP contribution in [0.2, 0.25) is 0 Å². The first-order valence-electron chi connectivity index (χ1n) is 5.95. The monoisotopic (exact) mass is 315 g/mol. The summed E-state index contributed by atoms with van der Waals surface area (Å²) in [4.78, 5) is 11.8. The zero-order valence-electron chi connectivity index (χ0n) is 10.6. The van der Waals surface area contributed by atoms with Crippen LogP contribution in [-0.4, -0.2) is 5.91 Å². The lowest BCUT2D eigenvalue weighted by Gasteiger charge is -2.05. The van der Waals surface area contributed by atoms with Crippen molar-refractivity contribution in [3.63, 3.8) is 0 Å². The first-order chi connectivity index (χ1) is 9.15. The second kappa shape index (κ2) is 6.34. The minimum atomic E-state index is -0.130. The topological polar surface area (TPSA) is 29.1 Å². The first-order valence-corrected chi connectivity index (χ1v) is 6.75. The maximum atomic E-state index is 11.8. The van der Waals surface area contributed by atoms with Gasteiger partial charge in [0.1, 0.15) is 0 Å². The van der Waals surface area contributed by atoms with E-state index in [1.54, 1.807) is 6.08 Å². The van der Waals surface area contributed by atoms with E-state index >= 15 is 0 Å². The van der Waals surface area contributed by atoms with Crippen molar-refractivity contribution in [3.8, 4) is 0 Å². The molecule has 96 valence electrons. The number of carbonyl (C=O) groups excluding carboxylic acids is 1. The Balaban J connectivity index is 2.04. The third kappa shape index (κ3) is 4.07. The van der Waals surface area contributed by atoms with Crippen LogP contribution in [0.5, 0.6) is 0 Å². The summed E-state index contributed by atoms with van der Waals surface area (Å²) in [5, 5.41) is 2.86. The van der Waals surface area contributed by atoms with Crippen LogP contribution in [0.1, 0.15) is 11.1 Å². The number of anilines is 1. The van der Waals surface area contributed by atoms with Crippen LogP contribution in [0.4, 0.5) is 5.69 Å². The zero-order valence-corrected chi connectivity index (χ0v) is 12.1. The van der Waals surface area contributed by atoms with Crippen LogP contribution in [-0.2, 0) is 4.79 Å². The SMILES string of the molecule is Cc1ccccc1NC(=O)/C=C/c1cccc(Br)c1. The maximum absolute atomic E-state index is 11.8. The summed E-state index contributed by atoms with van der Waals surface area (Å²) >= 11 is 3.40. The van der Waals surface area contributed by atoms with Gasteiger partial charge in [-0.15, -0.1) is 0 Å². The quantitative estimate of drug-likeness (QED) is 0.835. The standard InChI is InChI=1S/C16H14BrNO/c1-12-5-2-3-8-15(12)18-16(19)10-9-13-6-4-7-14(17)11-13/h2-11H,1H3,(H,18,19)/b10-9+. The molecule has 0 aliphatic carbocycles. The third-order valence-corrected chi connectivity index (χ3v) is 3.17. The van der Waals surface area contributed by atoms with Gasteiger partial charge in [-0.25, -0.2) is 0 Å². The van der Waals surface area contributed by atoms with Gasteiger partial charge in [-0.2, -0.15) is 0 Å². The number of amides is 1.